The van der Waals surface area contributed by atoms with Gasteiger partial charge in [-0.05, 0) is 19.1 Å². The summed E-state index contributed by atoms with van der Waals surface area (Å²) in [5, 5.41) is 6.12. The lowest BCUT2D eigenvalue weighted by atomic mass is 10.1. The van der Waals surface area contributed by atoms with Crippen molar-refractivity contribution in [3.8, 4) is 0 Å². The van der Waals surface area contributed by atoms with Crippen LogP contribution in [-0.2, 0) is 0 Å². The van der Waals surface area contributed by atoms with Crippen LogP contribution in [0, 0.1) is 0 Å². The van der Waals surface area contributed by atoms with E-state index in [2.05, 4.69) is 15.3 Å². The number of nitrogens with two attached hydrogens (primary N) is 1. The predicted octanol–water partition coefficient (Wildman–Crippen LogP) is 2.96. The molecule has 6 heteroatoms. The highest BCUT2D eigenvalue weighted by Crippen LogP contribution is 2.21. The second-order valence-corrected chi connectivity index (χ2v) is 5.56. The average Bonchev–Trinajstić information content (AvgIpc) is 2.95. The monoisotopic (exact) mass is 298 g/mol. The van der Waals surface area contributed by atoms with Gasteiger partial charge < -0.3 is 5.73 Å². The van der Waals surface area contributed by atoms with E-state index < -0.39 is 0 Å². The maximum Gasteiger partial charge on any atom is 0.259 e. The Morgan fingerprint density at radius 3 is 2.90 bits per heavy atom. The Morgan fingerprint density at radius 1 is 1.33 bits per heavy atom. The van der Waals surface area contributed by atoms with E-state index in [4.69, 9.17) is 5.73 Å². The van der Waals surface area contributed by atoms with Crippen LogP contribution in [0.25, 0.3) is 10.9 Å². The molecule has 0 saturated heterocycles. The van der Waals surface area contributed by atoms with Crippen molar-refractivity contribution in [1.82, 2.24) is 9.97 Å². The van der Waals surface area contributed by atoms with Crippen LogP contribution >= 0.6 is 11.3 Å². The van der Waals surface area contributed by atoms with Crippen molar-refractivity contribution in [2.75, 3.05) is 5.32 Å². The summed E-state index contributed by atoms with van der Waals surface area (Å²) in [7, 11) is 0. The Kier molecular flexibility index (Phi) is 3.64. The molecule has 106 valence electrons. The molecule has 3 aromatic rings. The van der Waals surface area contributed by atoms with E-state index in [0.29, 0.717) is 16.2 Å². The minimum Gasteiger partial charge on any atom is -0.323 e. The molecule has 3 N–H and O–H groups in total. The molecule has 2 aromatic heterocycles. The Morgan fingerprint density at radius 2 is 2.14 bits per heavy atom. The highest BCUT2D eigenvalue weighted by molar-refractivity contribution is 7.14. The summed E-state index contributed by atoms with van der Waals surface area (Å²) in [4.78, 5) is 21.0. The standard InChI is InChI=1S/C15H14N4OS/c1-9(16)12-8-21-15(18-12)19-14(20)11-6-2-4-10-5-3-7-17-13(10)11/h2-9H,16H2,1H3,(H,18,19,20). The van der Waals surface area contributed by atoms with Crippen molar-refractivity contribution in [3.05, 3.63) is 53.2 Å². The number of benzene rings is 1. The zero-order chi connectivity index (χ0) is 14.8. The third kappa shape index (κ3) is 2.76. The highest BCUT2D eigenvalue weighted by atomic mass is 32.1. The SMILES string of the molecule is CC(N)c1csc(NC(=O)c2cccc3cccnc23)n1. The first kappa shape index (κ1) is 13.7. The van der Waals surface area contributed by atoms with E-state index in [0.717, 1.165) is 11.1 Å². The van der Waals surface area contributed by atoms with E-state index >= 15 is 0 Å². The molecule has 1 aromatic carbocycles. The van der Waals surface area contributed by atoms with Crippen molar-refractivity contribution in [2.24, 2.45) is 5.73 Å². The summed E-state index contributed by atoms with van der Waals surface area (Å²) in [6.45, 7) is 1.86. The average molecular weight is 298 g/mol. The van der Waals surface area contributed by atoms with Crippen LogP contribution in [0.3, 0.4) is 0 Å². The molecule has 0 radical (unpaired) electrons. The van der Waals surface area contributed by atoms with Crippen LogP contribution in [0.4, 0.5) is 5.13 Å². The van der Waals surface area contributed by atoms with Crippen molar-refractivity contribution in [1.29, 1.82) is 0 Å². The summed E-state index contributed by atoms with van der Waals surface area (Å²) in [5.41, 5.74) is 7.75. The predicted molar refractivity (Wildman–Crippen MR) is 84.4 cm³/mol. The van der Waals surface area contributed by atoms with Gasteiger partial charge in [-0.1, -0.05) is 18.2 Å². The van der Waals surface area contributed by atoms with Gasteiger partial charge in [-0.3, -0.25) is 15.1 Å². The highest BCUT2D eigenvalue weighted by Gasteiger charge is 2.13. The fraction of sp³-hybridized carbons (Fsp3) is 0.133. The minimum absolute atomic E-state index is 0.147. The number of pyridine rings is 1. The van der Waals surface area contributed by atoms with Crippen LogP contribution in [0.5, 0.6) is 0 Å². The van der Waals surface area contributed by atoms with Crippen LogP contribution in [-0.4, -0.2) is 15.9 Å². The molecule has 0 fully saturated rings. The molecule has 2 heterocycles. The molecule has 5 nitrogen and oxygen atoms in total. The van der Waals surface area contributed by atoms with Crippen LogP contribution in [0.15, 0.2) is 41.9 Å². The molecule has 0 aliphatic rings. The van der Waals surface area contributed by atoms with Crippen LogP contribution in [0.1, 0.15) is 29.0 Å². The zero-order valence-electron chi connectivity index (χ0n) is 11.4. The number of para-hydroxylation sites is 1. The van der Waals surface area contributed by atoms with Gasteiger partial charge in [0.15, 0.2) is 5.13 Å². The first-order valence-electron chi connectivity index (χ1n) is 6.51. The van der Waals surface area contributed by atoms with Gasteiger partial charge >= 0.3 is 0 Å². The lowest BCUT2D eigenvalue weighted by molar-refractivity contribution is 0.102. The normalized spacial score (nSPS) is 12.3. The van der Waals surface area contributed by atoms with Gasteiger partial charge in [0.2, 0.25) is 0 Å². The smallest absolute Gasteiger partial charge is 0.259 e. The molecule has 0 aliphatic heterocycles. The van der Waals surface area contributed by atoms with Crippen molar-refractivity contribution >= 4 is 33.3 Å². The van der Waals surface area contributed by atoms with Gasteiger partial charge in [-0.2, -0.15) is 0 Å². The molecule has 0 spiro atoms. The number of anilines is 1. The Hall–Kier alpha value is -2.31. The van der Waals surface area contributed by atoms with Gasteiger partial charge in [-0.15, -0.1) is 11.3 Å². The Labute approximate surface area is 125 Å². The fourth-order valence-corrected chi connectivity index (χ4v) is 2.81. The van der Waals surface area contributed by atoms with Gasteiger partial charge in [-0.25, -0.2) is 4.98 Å². The molecular weight excluding hydrogens is 284 g/mol. The summed E-state index contributed by atoms with van der Waals surface area (Å²) in [6.07, 6.45) is 1.68. The van der Waals surface area contributed by atoms with E-state index in [9.17, 15) is 4.79 Å². The fourth-order valence-electron chi connectivity index (χ4n) is 2.00. The zero-order valence-corrected chi connectivity index (χ0v) is 12.2. The van der Waals surface area contributed by atoms with Gasteiger partial charge in [0.05, 0.1) is 16.8 Å². The number of nitrogens with one attached hydrogen (secondary N) is 1. The molecule has 0 saturated carbocycles. The molecule has 3 rings (SSSR count). The number of carbonyl (C=O) groups is 1. The van der Waals surface area contributed by atoms with Crippen molar-refractivity contribution < 1.29 is 4.79 Å². The molecule has 21 heavy (non-hydrogen) atoms. The number of carbonyl (C=O) groups excluding carboxylic acids is 1. The quantitative estimate of drug-likeness (QED) is 0.779. The van der Waals surface area contributed by atoms with E-state index in [1.165, 1.54) is 11.3 Å². The topological polar surface area (TPSA) is 80.9 Å². The van der Waals surface area contributed by atoms with Crippen LogP contribution < -0.4 is 11.1 Å². The Bertz CT molecular complexity index is 792. The first-order chi connectivity index (χ1) is 10.1. The second-order valence-electron chi connectivity index (χ2n) is 4.70. The lowest BCUT2D eigenvalue weighted by Gasteiger charge is -2.05. The summed E-state index contributed by atoms with van der Waals surface area (Å²) < 4.78 is 0. The molecule has 1 amide bonds. The van der Waals surface area contributed by atoms with Gasteiger partial charge in [0.25, 0.3) is 5.91 Å². The van der Waals surface area contributed by atoms with Gasteiger partial charge in [0, 0.05) is 23.0 Å². The summed E-state index contributed by atoms with van der Waals surface area (Å²) in [5.74, 6) is -0.218. The molecular formula is C15H14N4OS. The van der Waals surface area contributed by atoms with Crippen molar-refractivity contribution in [2.45, 2.75) is 13.0 Å². The molecule has 1 atom stereocenters. The third-order valence-electron chi connectivity index (χ3n) is 3.09. The molecule has 0 aliphatic carbocycles. The maximum atomic E-state index is 12.4. The number of hydrogen-bond donors (Lipinski definition) is 2. The summed E-state index contributed by atoms with van der Waals surface area (Å²) in [6, 6.07) is 9.15. The van der Waals surface area contributed by atoms with Crippen molar-refractivity contribution in [3.63, 3.8) is 0 Å². The number of hydrogen-bond acceptors (Lipinski definition) is 5. The minimum atomic E-state index is -0.218. The largest absolute Gasteiger partial charge is 0.323 e. The maximum absolute atomic E-state index is 12.4. The number of nitrogens with zero attached hydrogens (tertiary/aromatic N) is 2. The van der Waals surface area contributed by atoms with E-state index in [-0.39, 0.29) is 11.9 Å². The third-order valence-corrected chi connectivity index (χ3v) is 3.86. The lowest BCUT2D eigenvalue weighted by Crippen LogP contribution is -2.13. The molecule has 0 bridgehead atoms. The van der Waals surface area contributed by atoms with Crippen LogP contribution in [0.2, 0.25) is 0 Å². The number of fused-ring (bicyclic) bond motifs is 1. The molecule has 1 unspecified atom stereocenters. The number of rotatable bonds is 3. The van der Waals surface area contributed by atoms with E-state index in [1.807, 2.05) is 36.6 Å². The van der Waals surface area contributed by atoms with E-state index in [1.54, 1.807) is 12.3 Å². The summed E-state index contributed by atoms with van der Waals surface area (Å²) >= 11 is 1.36. The number of amides is 1. The van der Waals surface area contributed by atoms with Gasteiger partial charge in [0.1, 0.15) is 0 Å². The first-order valence-corrected chi connectivity index (χ1v) is 7.39. The number of aromatic nitrogens is 2. The Balaban J connectivity index is 1.90. The number of thiazole rings is 1. The second kappa shape index (κ2) is 5.59.